The number of thiazole rings is 1. The van der Waals surface area contributed by atoms with Crippen molar-refractivity contribution in [2.75, 3.05) is 7.11 Å². The minimum Gasteiger partial charge on any atom is -0.504 e. The number of carbonyl (C=O) groups is 1. The second-order valence-electron chi connectivity index (χ2n) is 10.4. The van der Waals surface area contributed by atoms with E-state index in [2.05, 4.69) is 4.99 Å². The molecule has 0 aliphatic carbocycles. The zero-order valence-electron chi connectivity index (χ0n) is 24.7. The van der Waals surface area contributed by atoms with Crippen molar-refractivity contribution >= 4 is 23.4 Å². The lowest BCUT2D eigenvalue weighted by molar-refractivity contribution is -0.140. The Morgan fingerprint density at radius 3 is 2.27 bits per heavy atom. The van der Waals surface area contributed by atoms with Crippen LogP contribution in [-0.2, 0) is 22.7 Å². The van der Waals surface area contributed by atoms with Crippen LogP contribution in [0.1, 0.15) is 35.2 Å². The van der Waals surface area contributed by atoms with Crippen LogP contribution >= 0.6 is 11.3 Å². The van der Waals surface area contributed by atoms with E-state index in [0.29, 0.717) is 44.3 Å². The Kier molecular flexibility index (Phi) is 8.61. The van der Waals surface area contributed by atoms with Gasteiger partial charge in [0.15, 0.2) is 16.3 Å². The first-order valence-corrected chi connectivity index (χ1v) is 15.1. The number of phenolic OH excluding ortho intramolecular Hbond substituents is 1. The quantitative estimate of drug-likeness (QED) is 0.226. The van der Waals surface area contributed by atoms with Gasteiger partial charge in [-0.05, 0) is 59.5 Å². The van der Waals surface area contributed by atoms with E-state index in [-0.39, 0.29) is 23.5 Å². The van der Waals surface area contributed by atoms with Gasteiger partial charge in [0.2, 0.25) is 0 Å². The van der Waals surface area contributed by atoms with Crippen molar-refractivity contribution in [1.82, 2.24) is 4.57 Å². The van der Waals surface area contributed by atoms with Gasteiger partial charge in [-0.3, -0.25) is 9.36 Å². The maximum atomic E-state index is 14.0. The molecule has 0 saturated carbocycles. The van der Waals surface area contributed by atoms with Gasteiger partial charge in [0.25, 0.3) is 5.56 Å². The molecule has 0 amide bonds. The zero-order chi connectivity index (χ0) is 31.3. The van der Waals surface area contributed by atoms with E-state index in [1.165, 1.54) is 24.5 Å². The van der Waals surface area contributed by atoms with E-state index in [9.17, 15) is 14.7 Å². The summed E-state index contributed by atoms with van der Waals surface area (Å²) in [5.74, 6) is 0.405. The van der Waals surface area contributed by atoms with Crippen molar-refractivity contribution in [2.45, 2.75) is 26.2 Å². The third-order valence-electron chi connectivity index (χ3n) is 7.40. The lowest BCUT2D eigenvalue weighted by Gasteiger charge is -2.25. The fourth-order valence-corrected chi connectivity index (χ4v) is 6.17. The Bertz CT molecular complexity index is 2050. The number of allylic oxidation sites excluding steroid dienone is 1. The molecule has 1 N–H and O–H groups in total. The van der Waals surface area contributed by atoms with Crippen LogP contribution in [0.15, 0.2) is 124 Å². The lowest BCUT2D eigenvalue weighted by atomic mass is 9.96. The summed E-state index contributed by atoms with van der Waals surface area (Å²) >= 11 is 1.22. The van der Waals surface area contributed by atoms with Crippen LogP contribution in [-0.4, -0.2) is 22.8 Å². The number of aromatic hydroxyl groups is 1. The molecule has 226 valence electrons. The molecule has 5 aromatic rings. The molecule has 0 saturated heterocycles. The normalized spacial score (nSPS) is 14.4. The van der Waals surface area contributed by atoms with Gasteiger partial charge in [-0.15, -0.1) is 0 Å². The van der Waals surface area contributed by atoms with Crippen LogP contribution in [0.4, 0.5) is 0 Å². The molecular formula is C36H30N2O6S. The number of carbonyl (C=O) groups excluding carboxylic acids is 1. The van der Waals surface area contributed by atoms with E-state index >= 15 is 0 Å². The number of esters is 1. The smallest absolute Gasteiger partial charge is 0.338 e. The van der Waals surface area contributed by atoms with Crippen molar-refractivity contribution in [3.8, 4) is 17.2 Å². The van der Waals surface area contributed by atoms with Crippen molar-refractivity contribution < 1.29 is 24.1 Å². The van der Waals surface area contributed by atoms with E-state index in [1.54, 1.807) is 29.7 Å². The molecular weight excluding hydrogens is 588 g/mol. The maximum Gasteiger partial charge on any atom is 0.338 e. The van der Waals surface area contributed by atoms with E-state index in [1.807, 2.05) is 84.9 Å². The van der Waals surface area contributed by atoms with Crippen LogP contribution in [0, 0.1) is 0 Å². The summed E-state index contributed by atoms with van der Waals surface area (Å²) in [5, 5.41) is 10.0. The maximum absolute atomic E-state index is 14.0. The van der Waals surface area contributed by atoms with Crippen LogP contribution in [0.5, 0.6) is 17.2 Å². The highest BCUT2D eigenvalue weighted by atomic mass is 32.1. The Labute approximate surface area is 263 Å². The summed E-state index contributed by atoms with van der Waals surface area (Å²) < 4.78 is 18.9. The highest BCUT2D eigenvalue weighted by Gasteiger charge is 2.33. The average molecular weight is 619 g/mol. The van der Waals surface area contributed by atoms with Gasteiger partial charge in [0, 0.05) is 0 Å². The number of phenols is 1. The SMILES string of the molecule is COc1cc(C=c2sc3n(c2=O)C(c2ccc(OCc4ccccc4)cc2)C(C(=O)OCc2ccccc2)=C(C)N=3)ccc1O. The van der Waals surface area contributed by atoms with Gasteiger partial charge >= 0.3 is 5.97 Å². The van der Waals surface area contributed by atoms with Gasteiger partial charge in [0.1, 0.15) is 19.0 Å². The molecule has 0 fully saturated rings. The fourth-order valence-electron chi connectivity index (χ4n) is 5.12. The molecule has 45 heavy (non-hydrogen) atoms. The Hall–Kier alpha value is -5.41. The lowest BCUT2D eigenvalue weighted by Crippen LogP contribution is -2.39. The summed E-state index contributed by atoms with van der Waals surface area (Å²) in [6.45, 7) is 2.25. The fraction of sp³-hybridized carbons (Fsp3) is 0.139. The van der Waals surface area contributed by atoms with Gasteiger partial charge in [-0.25, -0.2) is 9.79 Å². The number of benzene rings is 4. The van der Waals surface area contributed by atoms with Gasteiger partial charge in [0.05, 0.1) is 29.0 Å². The number of aromatic nitrogens is 1. The predicted molar refractivity (Wildman–Crippen MR) is 172 cm³/mol. The molecule has 8 nitrogen and oxygen atoms in total. The van der Waals surface area contributed by atoms with E-state index < -0.39 is 12.0 Å². The zero-order valence-corrected chi connectivity index (χ0v) is 25.5. The van der Waals surface area contributed by atoms with Crippen LogP contribution in [0.3, 0.4) is 0 Å². The van der Waals surface area contributed by atoms with Crippen molar-refractivity contribution in [3.05, 3.63) is 156 Å². The summed E-state index contributed by atoms with van der Waals surface area (Å²) in [6.07, 6.45) is 1.72. The highest BCUT2D eigenvalue weighted by Crippen LogP contribution is 2.32. The largest absolute Gasteiger partial charge is 0.504 e. The molecule has 2 heterocycles. The Morgan fingerprint density at radius 2 is 1.60 bits per heavy atom. The van der Waals surface area contributed by atoms with Crippen LogP contribution in [0.25, 0.3) is 6.08 Å². The minimum absolute atomic E-state index is 0.00147. The summed E-state index contributed by atoms with van der Waals surface area (Å²) in [5.41, 5.74) is 3.73. The molecule has 6 rings (SSSR count). The second-order valence-corrected chi connectivity index (χ2v) is 11.4. The molecule has 1 aliphatic rings. The van der Waals surface area contributed by atoms with Crippen molar-refractivity contribution in [2.24, 2.45) is 4.99 Å². The average Bonchev–Trinajstić information content (AvgIpc) is 3.37. The summed E-state index contributed by atoms with van der Waals surface area (Å²) in [4.78, 5) is 32.8. The number of nitrogens with zero attached hydrogens (tertiary/aromatic N) is 2. The topological polar surface area (TPSA) is 99.4 Å². The van der Waals surface area contributed by atoms with E-state index in [0.717, 1.165) is 11.1 Å². The highest BCUT2D eigenvalue weighted by molar-refractivity contribution is 7.07. The molecule has 1 atom stereocenters. The van der Waals surface area contributed by atoms with Crippen LogP contribution in [0.2, 0.25) is 0 Å². The molecule has 1 unspecified atom stereocenters. The molecule has 0 bridgehead atoms. The number of fused-ring (bicyclic) bond motifs is 1. The van der Waals surface area contributed by atoms with Gasteiger partial charge in [-0.1, -0.05) is 90.2 Å². The van der Waals surface area contributed by atoms with Crippen LogP contribution < -0.4 is 24.4 Å². The summed E-state index contributed by atoms with van der Waals surface area (Å²) in [6, 6.07) is 30.8. The molecule has 1 aliphatic heterocycles. The first kappa shape index (κ1) is 29.7. The number of hydrogen-bond donors (Lipinski definition) is 1. The van der Waals surface area contributed by atoms with Crippen molar-refractivity contribution in [3.63, 3.8) is 0 Å². The number of ether oxygens (including phenoxy) is 3. The third-order valence-corrected chi connectivity index (χ3v) is 8.38. The molecule has 0 spiro atoms. The Balaban J connectivity index is 1.39. The first-order valence-electron chi connectivity index (χ1n) is 14.3. The summed E-state index contributed by atoms with van der Waals surface area (Å²) in [7, 11) is 1.46. The molecule has 1 aromatic heterocycles. The van der Waals surface area contributed by atoms with Gasteiger partial charge < -0.3 is 19.3 Å². The minimum atomic E-state index is -0.774. The number of rotatable bonds is 9. The number of methoxy groups -OCH3 is 1. The monoisotopic (exact) mass is 618 g/mol. The van der Waals surface area contributed by atoms with Crippen molar-refractivity contribution in [1.29, 1.82) is 0 Å². The third kappa shape index (κ3) is 6.44. The molecule has 9 heteroatoms. The second kappa shape index (κ2) is 13.1. The van der Waals surface area contributed by atoms with E-state index in [4.69, 9.17) is 14.2 Å². The standard InChI is InChI=1S/C36H30N2O6S/c1-23-32(35(41)44-22-25-11-7-4-8-12-25)33(27-14-16-28(17-15-27)43-21-24-9-5-3-6-10-24)38-34(40)31(45-36(38)37-23)20-26-13-18-29(39)30(19-26)42-2/h3-20,33,39H,21-22H2,1-2H3. The van der Waals surface area contributed by atoms with Gasteiger partial charge in [-0.2, -0.15) is 0 Å². The predicted octanol–water partition coefficient (Wildman–Crippen LogP) is 5.27. The molecule has 0 radical (unpaired) electrons. The number of hydrogen-bond acceptors (Lipinski definition) is 8. The molecule has 4 aromatic carbocycles. The first-order chi connectivity index (χ1) is 21.9. The Morgan fingerprint density at radius 1 is 0.933 bits per heavy atom.